The molecule has 1 atom stereocenters. The zero-order chi connectivity index (χ0) is 12.3. The number of rotatable bonds is 2. The molecule has 88 valence electrons. The molecule has 17 heavy (non-hydrogen) atoms. The lowest BCUT2D eigenvalue weighted by atomic mass is 9.95. The van der Waals surface area contributed by atoms with Crippen LogP contribution in [-0.2, 0) is 11.3 Å². The van der Waals surface area contributed by atoms with Crippen molar-refractivity contribution in [3.8, 4) is 6.07 Å². The van der Waals surface area contributed by atoms with Crippen molar-refractivity contribution < 1.29 is 9.18 Å². The second kappa shape index (κ2) is 4.54. The van der Waals surface area contributed by atoms with Gasteiger partial charge in [0.1, 0.15) is 6.07 Å². The molecular weight excluding hydrogens is 219 g/mol. The normalized spacial score (nSPS) is 24.5. The SMILES string of the molecule is N#CC1(F)CCCN(Cc2ccccc2)C1=O. The first-order valence-electron chi connectivity index (χ1n) is 5.59. The number of hydrogen-bond acceptors (Lipinski definition) is 2. The third-order valence-electron chi connectivity index (χ3n) is 2.97. The van der Waals surface area contributed by atoms with Crippen LogP contribution in [0, 0.1) is 11.3 Å². The van der Waals surface area contributed by atoms with Crippen LogP contribution >= 0.6 is 0 Å². The van der Waals surface area contributed by atoms with E-state index >= 15 is 0 Å². The molecule has 0 bridgehead atoms. The highest BCUT2D eigenvalue weighted by Gasteiger charge is 2.44. The number of nitrogens with zero attached hydrogens (tertiary/aromatic N) is 2. The van der Waals surface area contributed by atoms with E-state index in [1.807, 2.05) is 30.3 Å². The van der Waals surface area contributed by atoms with Gasteiger partial charge in [-0.25, -0.2) is 4.39 Å². The molecule has 4 heteroatoms. The Bertz CT molecular complexity index is 454. The Morgan fingerprint density at radius 3 is 2.76 bits per heavy atom. The summed E-state index contributed by atoms with van der Waals surface area (Å²) in [6.07, 6.45) is 0.538. The van der Waals surface area contributed by atoms with Gasteiger partial charge in [0, 0.05) is 19.5 Å². The molecular formula is C13H13FN2O. The summed E-state index contributed by atoms with van der Waals surface area (Å²) < 4.78 is 13.9. The summed E-state index contributed by atoms with van der Waals surface area (Å²) in [7, 11) is 0. The van der Waals surface area contributed by atoms with E-state index in [1.165, 1.54) is 11.0 Å². The highest BCUT2D eigenvalue weighted by molar-refractivity contribution is 5.88. The molecule has 1 amide bonds. The van der Waals surface area contributed by atoms with Crippen molar-refractivity contribution in [3.63, 3.8) is 0 Å². The molecule has 0 aliphatic carbocycles. The largest absolute Gasteiger partial charge is 0.335 e. The van der Waals surface area contributed by atoms with Gasteiger partial charge in [-0.05, 0) is 12.0 Å². The van der Waals surface area contributed by atoms with E-state index in [0.29, 0.717) is 19.5 Å². The van der Waals surface area contributed by atoms with E-state index in [1.54, 1.807) is 0 Å². The van der Waals surface area contributed by atoms with Gasteiger partial charge in [-0.3, -0.25) is 4.79 Å². The molecule has 0 spiro atoms. The number of nitriles is 1. The molecule has 0 saturated carbocycles. The fourth-order valence-electron chi connectivity index (χ4n) is 2.03. The van der Waals surface area contributed by atoms with Crippen LogP contribution in [0.15, 0.2) is 30.3 Å². The zero-order valence-electron chi connectivity index (χ0n) is 9.40. The highest BCUT2D eigenvalue weighted by Crippen LogP contribution is 2.27. The number of amides is 1. The Morgan fingerprint density at radius 1 is 1.41 bits per heavy atom. The van der Waals surface area contributed by atoms with Gasteiger partial charge in [-0.15, -0.1) is 0 Å². The number of alkyl halides is 1. The Kier molecular flexibility index (Phi) is 3.10. The molecule has 1 aliphatic heterocycles. The maximum atomic E-state index is 13.9. The number of carbonyl (C=O) groups is 1. The van der Waals surface area contributed by atoms with Gasteiger partial charge in [0.15, 0.2) is 0 Å². The number of piperidine rings is 1. The minimum Gasteiger partial charge on any atom is -0.335 e. The summed E-state index contributed by atoms with van der Waals surface area (Å²) in [6.45, 7) is 0.883. The van der Waals surface area contributed by atoms with Gasteiger partial charge in [0.2, 0.25) is 0 Å². The van der Waals surface area contributed by atoms with Gasteiger partial charge in [-0.1, -0.05) is 30.3 Å². The van der Waals surface area contributed by atoms with E-state index in [4.69, 9.17) is 5.26 Å². The Hall–Kier alpha value is -1.89. The molecule has 2 rings (SSSR count). The third kappa shape index (κ3) is 2.28. The summed E-state index contributed by atoms with van der Waals surface area (Å²) in [6, 6.07) is 10.9. The maximum absolute atomic E-state index is 13.9. The number of benzene rings is 1. The van der Waals surface area contributed by atoms with E-state index in [2.05, 4.69) is 0 Å². The lowest BCUT2D eigenvalue weighted by molar-refractivity contribution is -0.144. The fourth-order valence-corrected chi connectivity index (χ4v) is 2.03. The first-order valence-corrected chi connectivity index (χ1v) is 5.59. The zero-order valence-corrected chi connectivity index (χ0v) is 9.40. The second-order valence-electron chi connectivity index (χ2n) is 4.23. The molecule has 1 saturated heterocycles. The van der Waals surface area contributed by atoms with Crippen molar-refractivity contribution in [2.75, 3.05) is 6.54 Å². The molecule has 0 radical (unpaired) electrons. The van der Waals surface area contributed by atoms with Crippen LogP contribution in [0.4, 0.5) is 4.39 Å². The quantitative estimate of drug-likeness (QED) is 0.783. The summed E-state index contributed by atoms with van der Waals surface area (Å²) in [5, 5.41) is 8.73. The average molecular weight is 232 g/mol. The molecule has 3 nitrogen and oxygen atoms in total. The monoisotopic (exact) mass is 232 g/mol. The molecule has 0 aromatic heterocycles. The standard InChI is InChI=1S/C13H13FN2O/c14-13(10-15)7-4-8-16(12(13)17)9-11-5-2-1-3-6-11/h1-3,5-6H,4,7-9H2. The third-order valence-corrected chi connectivity index (χ3v) is 2.97. The molecule has 1 aliphatic rings. The van der Waals surface area contributed by atoms with Crippen LogP contribution in [0.25, 0.3) is 0 Å². The van der Waals surface area contributed by atoms with Crippen molar-refractivity contribution >= 4 is 5.91 Å². The molecule has 1 unspecified atom stereocenters. The van der Waals surface area contributed by atoms with E-state index in [9.17, 15) is 9.18 Å². The first kappa shape index (κ1) is 11.6. The Balaban J connectivity index is 2.13. The van der Waals surface area contributed by atoms with Crippen LogP contribution < -0.4 is 0 Å². The van der Waals surface area contributed by atoms with E-state index in [-0.39, 0.29) is 6.42 Å². The predicted molar refractivity (Wildman–Crippen MR) is 60.5 cm³/mol. The molecule has 1 aromatic carbocycles. The van der Waals surface area contributed by atoms with Crippen LogP contribution in [0.1, 0.15) is 18.4 Å². The summed E-state index contributed by atoms with van der Waals surface area (Å²) in [5.74, 6) is -0.699. The van der Waals surface area contributed by atoms with Crippen molar-refractivity contribution in [1.82, 2.24) is 4.90 Å². The maximum Gasteiger partial charge on any atom is 0.275 e. The van der Waals surface area contributed by atoms with Gasteiger partial charge in [0.05, 0.1) is 0 Å². The highest BCUT2D eigenvalue weighted by atomic mass is 19.1. The molecule has 1 aromatic rings. The Morgan fingerprint density at radius 2 is 2.12 bits per heavy atom. The lowest BCUT2D eigenvalue weighted by Gasteiger charge is -2.32. The summed E-state index contributed by atoms with van der Waals surface area (Å²) in [4.78, 5) is 13.2. The topological polar surface area (TPSA) is 44.1 Å². The van der Waals surface area contributed by atoms with Crippen molar-refractivity contribution in [3.05, 3.63) is 35.9 Å². The number of likely N-dealkylation sites (tertiary alicyclic amines) is 1. The van der Waals surface area contributed by atoms with Gasteiger partial charge in [-0.2, -0.15) is 5.26 Å². The van der Waals surface area contributed by atoms with Gasteiger partial charge >= 0.3 is 0 Å². The average Bonchev–Trinajstić information content (AvgIpc) is 2.36. The first-order chi connectivity index (χ1) is 8.15. The van der Waals surface area contributed by atoms with Crippen LogP contribution in [-0.4, -0.2) is 23.0 Å². The minimum atomic E-state index is -2.33. The van der Waals surface area contributed by atoms with E-state index < -0.39 is 11.6 Å². The van der Waals surface area contributed by atoms with Crippen molar-refractivity contribution in [2.24, 2.45) is 0 Å². The summed E-state index contributed by atoms with van der Waals surface area (Å²) in [5.41, 5.74) is -1.38. The number of halogens is 1. The van der Waals surface area contributed by atoms with Crippen molar-refractivity contribution in [2.45, 2.75) is 25.1 Å². The van der Waals surface area contributed by atoms with Crippen LogP contribution in [0.5, 0.6) is 0 Å². The number of hydrogen-bond donors (Lipinski definition) is 0. The molecule has 1 heterocycles. The number of carbonyl (C=O) groups excluding carboxylic acids is 1. The minimum absolute atomic E-state index is 0.00756. The molecule has 0 N–H and O–H groups in total. The smallest absolute Gasteiger partial charge is 0.275 e. The summed E-state index contributed by atoms with van der Waals surface area (Å²) >= 11 is 0. The predicted octanol–water partition coefficient (Wildman–Crippen LogP) is 2.04. The van der Waals surface area contributed by atoms with Crippen LogP contribution in [0.3, 0.4) is 0 Å². The van der Waals surface area contributed by atoms with Crippen LogP contribution in [0.2, 0.25) is 0 Å². The molecule has 1 fully saturated rings. The van der Waals surface area contributed by atoms with Gasteiger partial charge in [0.25, 0.3) is 11.6 Å². The second-order valence-corrected chi connectivity index (χ2v) is 4.23. The fraction of sp³-hybridized carbons (Fsp3) is 0.385. The van der Waals surface area contributed by atoms with E-state index in [0.717, 1.165) is 5.56 Å². The van der Waals surface area contributed by atoms with Gasteiger partial charge < -0.3 is 4.90 Å². The van der Waals surface area contributed by atoms with Crippen molar-refractivity contribution in [1.29, 1.82) is 5.26 Å². The Labute approximate surface area is 99.5 Å². The lowest BCUT2D eigenvalue weighted by Crippen LogP contribution is -2.49.